The summed E-state index contributed by atoms with van der Waals surface area (Å²) in [6.45, 7) is 5.10. The Hall–Kier alpha value is -3.82. The Kier molecular flexibility index (Phi) is 7.78. The largest absolute Gasteiger partial charge is 0.495 e. The van der Waals surface area contributed by atoms with E-state index in [0.29, 0.717) is 11.5 Å². The van der Waals surface area contributed by atoms with Crippen molar-refractivity contribution in [2.75, 3.05) is 19.5 Å². The minimum Gasteiger partial charge on any atom is -0.495 e. The molecular formula is C21H24N2O8. The number of amides is 1. The van der Waals surface area contributed by atoms with Crippen LogP contribution in [-0.2, 0) is 9.53 Å². The molecule has 0 spiro atoms. The van der Waals surface area contributed by atoms with Crippen molar-refractivity contribution in [1.82, 2.24) is 0 Å². The summed E-state index contributed by atoms with van der Waals surface area (Å²) in [5.41, 5.74) is 0.0264. The number of nitro groups is 1. The molecule has 0 aliphatic heterocycles. The van der Waals surface area contributed by atoms with Gasteiger partial charge in [0.2, 0.25) is 0 Å². The lowest BCUT2D eigenvalue weighted by atomic mass is 10.2. The summed E-state index contributed by atoms with van der Waals surface area (Å²) >= 11 is 0. The number of nitro benzene ring substituents is 1. The van der Waals surface area contributed by atoms with Crippen molar-refractivity contribution in [2.45, 2.75) is 33.0 Å². The molecule has 10 nitrogen and oxygen atoms in total. The van der Waals surface area contributed by atoms with Gasteiger partial charge in [-0.15, -0.1) is 0 Å². The van der Waals surface area contributed by atoms with Gasteiger partial charge in [0.05, 0.1) is 36.5 Å². The van der Waals surface area contributed by atoms with Crippen LogP contribution in [0.15, 0.2) is 36.4 Å². The maximum Gasteiger partial charge on any atom is 0.339 e. The molecule has 0 bridgehead atoms. The van der Waals surface area contributed by atoms with Crippen molar-refractivity contribution < 1.29 is 33.5 Å². The Morgan fingerprint density at radius 2 is 1.61 bits per heavy atom. The number of nitrogens with zero attached hydrogens (tertiary/aromatic N) is 1. The fraction of sp³-hybridized carbons (Fsp3) is 0.333. The number of rotatable bonds is 9. The molecule has 1 unspecified atom stereocenters. The number of carbonyl (C=O) groups is 2. The van der Waals surface area contributed by atoms with Gasteiger partial charge in [0.1, 0.15) is 5.75 Å². The van der Waals surface area contributed by atoms with Gasteiger partial charge in [-0.1, -0.05) is 0 Å². The molecular weight excluding hydrogens is 408 g/mol. The molecule has 31 heavy (non-hydrogen) atoms. The van der Waals surface area contributed by atoms with Crippen LogP contribution in [0.4, 0.5) is 11.4 Å². The topological polar surface area (TPSA) is 126 Å². The van der Waals surface area contributed by atoms with E-state index in [1.165, 1.54) is 45.4 Å². The Morgan fingerprint density at radius 1 is 0.968 bits per heavy atom. The van der Waals surface area contributed by atoms with E-state index in [2.05, 4.69) is 5.32 Å². The maximum absolute atomic E-state index is 12.5. The summed E-state index contributed by atoms with van der Waals surface area (Å²) in [5.74, 6) is -0.385. The first-order chi connectivity index (χ1) is 14.7. The van der Waals surface area contributed by atoms with Gasteiger partial charge in [0.25, 0.3) is 11.6 Å². The number of hydrogen-bond donors (Lipinski definition) is 1. The van der Waals surface area contributed by atoms with Crippen molar-refractivity contribution >= 4 is 23.3 Å². The molecule has 2 rings (SSSR count). The first kappa shape index (κ1) is 23.5. The van der Waals surface area contributed by atoms with E-state index in [0.717, 1.165) is 6.07 Å². The number of benzene rings is 2. The van der Waals surface area contributed by atoms with Crippen molar-refractivity contribution in [2.24, 2.45) is 0 Å². The molecule has 166 valence electrons. The Balaban J connectivity index is 2.12. The van der Waals surface area contributed by atoms with Crippen LogP contribution in [0.3, 0.4) is 0 Å². The quantitative estimate of drug-likeness (QED) is 0.362. The van der Waals surface area contributed by atoms with Gasteiger partial charge in [-0.2, -0.15) is 0 Å². The summed E-state index contributed by atoms with van der Waals surface area (Å²) in [7, 11) is 2.81. The average molecular weight is 432 g/mol. The molecule has 0 saturated heterocycles. The molecule has 2 aromatic rings. The van der Waals surface area contributed by atoms with Gasteiger partial charge in [-0.3, -0.25) is 14.9 Å². The van der Waals surface area contributed by atoms with E-state index in [1.807, 2.05) is 13.8 Å². The zero-order chi connectivity index (χ0) is 23.1. The second-order valence-corrected chi connectivity index (χ2v) is 6.71. The fourth-order valence-corrected chi connectivity index (χ4v) is 2.57. The predicted octanol–water partition coefficient (Wildman–Crippen LogP) is 3.58. The van der Waals surface area contributed by atoms with E-state index in [9.17, 15) is 19.7 Å². The Bertz CT molecular complexity index is 974. The van der Waals surface area contributed by atoms with Crippen LogP contribution >= 0.6 is 0 Å². The summed E-state index contributed by atoms with van der Waals surface area (Å²) < 4.78 is 21.2. The van der Waals surface area contributed by atoms with E-state index >= 15 is 0 Å². The van der Waals surface area contributed by atoms with Gasteiger partial charge in [-0.25, -0.2) is 4.79 Å². The molecule has 2 aromatic carbocycles. The Morgan fingerprint density at radius 3 is 2.19 bits per heavy atom. The lowest BCUT2D eigenvalue weighted by Crippen LogP contribution is -2.30. The third kappa shape index (κ3) is 6.08. The molecule has 10 heteroatoms. The number of hydrogen-bond acceptors (Lipinski definition) is 8. The molecule has 0 aliphatic carbocycles. The minimum atomic E-state index is -1.19. The summed E-state index contributed by atoms with van der Waals surface area (Å²) in [6.07, 6.45) is -1.27. The van der Waals surface area contributed by atoms with E-state index in [1.54, 1.807) is 6.07 Å². The van der Waals surface area contributed by atoms with Gasteiger partial charge in [-0.05, 0) is 45.0 Å². The van der Waals surface area contributed by atoms with E-state index in [-0.39, 0.29) is 28.8 Å². The first-order valence-corrected chi connectivity index (χ1v) is 9.35. The minimum absolute atomic E-state index is 0.0822. The highest BCUT2D eigenvalue weighted by Gasteiger charge is 2.22. The Labute approximate surface area is 179 Å². The normalized spacial score (nSPS) is 11.4. The second-order valence-electron chi connectivity index (χ2n) is 6.71. The SMILES string of the molecule is COc1ccc([N+](=O)[O-])cc1NC(=O)C(C)OC(=O)c1ccc(OC(C)C)c(OC)c1. The summed E-state index contributed by atoms with van der Waals surface area (Å²) in [6, 6.07) is 8.29. The van der Waals surface area contributed by atoms with E-state index < -0.39 is 22.9 Å². The van der Waals surface area contributed by atoms with Crippen LogP contribution in [0.25, 0.3) is 0 Å². The number of ether oxygens (including phenoxy) is 4. The van der Waals surface area contributed by atoms with Gasteiger partial charge in [0, 0.05) is 12.1 Å². The van der Waals surface area contributed by atoms with Crippen LogP contribution in [0.5, 0.6) is 17.2 Å². The standard InChI is InChI=1S/C21H24N2O8/c1-12(2)30-18-8-6-14(10-19(18)29-5)21(25)31-13(3)20(24)22-16-11-15(23(26)27)7-9-17(16)28-4/h6-13H,1-5H3,(H,22,24). The van der Waals surface area contributed by atoms with Gasteiger partial charge >= 0.3 is 5.97 Å². The number of methoxy groups -OCH3 is 2. The molecule has 1 atom stereocenters. The number of esters is 1. The average Bonchev–Trinajstić information content (AvgIpc) is 2.73. The molecule has 0 radical (unpaired) electrons. The molecule has 0 fully saturated rings. The summed E-state index contributed by atoms with van der Waals surface area (Å²) in [5, 5.41) is 13.4. The zero-order valence-electron chi connectivity index (χ0n) is 17.8. The monoisotopic (exact) mass is 432 g/mol. The highest BCUT2D eigenvalue weighted by molar-refractivity contribution is 5.98. The number of carbonyl (C=O) groups excluding carboxylic acids is 2. The van der Waals surface area contributed by atoms with Crippen LogP contribution in [0, 0.1) is 10.1 Å². The van der Waals surface area contributed by atoms with Gasteiger partial charge in [0.15, 0.2) is 17.6 Å². The first-order valence-electron chi connectivity index (χ1n) is 9.35. The second kappa shape index (κ2) is 10.3. The zero-order valence-corrected chi connectivity index (χ0v) is 17.8. The number of nitrogens with one attached hydrogen (secondary N) is 1. The van der Waals surface area contributed by atoms with Crippen LogP contribution in [0.2, 0.25) is 0 Å². The molecule has 0 aromatic heterocycles. The highest BCUT2D eigenvalue weighted by atomic mass is 16.6. The fourth-order valence-electron chi connectivity index (χ4n) is 2.57. The number of non-ortho nitro benzene ring substituents is 1. The van der Waals surface area contributed by atoms with Crippen LogP contribution < -0.4 is 19.5 Å². The van der Waals surface area contributed by atoms with Crippen molar-refractivity contribution in [3.05, 3.63) is 52.1 Å². The third-order valence-electron chi connectivity index (χ3n) is 4.07. The van der Waals surface area contributed by atoms with Gasteiger partial charge < -0.3 is 24.3 Å². The molecule has 1 N–H and O–H groups in total. The predicted molar refractivity (Wildman–Crippen MR) is 112 cm³/mol. The lowest BCUT2D eigenvalue weighted by Gasteiger charge is -2.16. The number of anilines is 1. The van der Waals surface area contributed by atoms with Crippen LogP contribution in [0.1, 0.15) is 31.1 Å². The van der Waals surface area contributed by atoms with Crippen molar-refractivity contribution in [3.63, 3.8) is 0 Å². The molecule has 0 aliphatic rings. The van der Waals surface area contributed by atoms with E-state index in [4.69, 9.17) is 18.9 Å². The molecule has 0 heterocycles. The van der Waals surface area contributed by atoms with Crippen LogP contribution in [-0.4, -0.2) is 43.2 Å². The molecule has 0 saturated carbocycles. The third-order valence-corrected chi connectivity index (χ3v) is 4.07. The van der Waals surface area contributed by atoms with Crippen molar-refractivity contribution in [1.29, 1.82) is 0 Å². The van der Waals surface area contributed by atoms with Crippen molar-refractivity contribution in [3.8, 4) is 17.2 Å². The smallest absolute Gasteiger partial charge is 0.339 e. The maximum atomic E-state index is 12.5. The highest BCUT2D eigenvalue weighted by Crippen LogP contribution is 2.30. The molecule has 1 amide bonds. The lowest BCUT2D eigenvalue weighted by molar-refractivity contribution is -0.384. The summed E-state index contributed by atoms with van der Waals surface area (Å²) in [4.78, 5) is 35.3.